The molecule has 1 saturated heterocycles. The summed E-state index contributed by atoms with van der Waals surface area (Å²) in [5.74, 6) is 0.218. The Morgan fingerprint density at radius 3 is 2.42 bits per heavy atom. The molecule has 2 aliphatic rings. The molecule has 1 aliphatic carbocycles. The average molecular weight is 267 g/mol. The first kappa shape index (κ1) is 14.3. The van der Waals surface area contributed by atoms with Crippen LogP contribution in [0.1, 0.15) is 44.9 Å². The van der Waals surface area contributed by atoms with E-state index in [2.05, 4.69) is 10.6 Å². The maximum absolute atomic E-state index is 11.9. The van der Waals surface area contributed by atoms with Crippen LogP contribution in [0.3, 0.4) is 0 Å². The van der Waals surface area contributed by atoms with E-state index in [4.69, 9.17) is 0 Å². The second-order valence-electron chi connectivity index (χ2n) is 5.52. The predicted molar refractivity (Wildman–Crippen MR) is 73.7 cm³/mol. The van der Waals surface area contributed by atoms with Crippen LogP contribution >= 0.6 is 0 Å². The Labute approximate surface area is 115 Å². The van der Waals surface area contributed by atoms with Gasteiger partial charge in [0.2, 0.25) is 11.8 Å². The molecule has 19 heavy (non-hydrogen) atoms. The largest absolute Gasteiger partial charge is 0.356 e. The van der Waals surface area contributed by atoms with Gasteiger partial charge in [0.05, 0.1) is 0 Å². The van der Waals surface area contributed by atoms with Crippen LogP contribution in [0.15, 0.2) is 0 Å². The van der Waals surface area contributed by atoms with Gasteiger partial charge in [-0.15, -0.1) is 0 Å². The molecule has 0 radical (unpaired) electrons. The van der Waals surface area contributed by atoms with Gasteiger partial charge in [-0.2, -0.15) is 0 Å². The molecule has 2 fully saturated rings. The van der Waals surface area contributed by atoms with Crippen molar-refractivity contribution in [2.24, 2.45) is 0 Å². The minimum atomic E-state index is 0.0413. The minimum absolute atomic E-state index is 0.0413. The lowest BCUT2D eigenvalue weighted by atomic mass is 10.1. The molecule has 1 heterocycles. The van der Waals surface area contributed by atoms with E-state index < -0.39 is 0 Å². The summed E-state index contributed by atoms with van der Waals surface area (Å²) in [6.45, 7) is 2.99. The molecule has 0 spiro atoms. The van der Waals surface area contributed by atoms with Crippen molar-refractivity contribution in [3.63, 3.8) is 0 Å². The van der Waals surface area contributed by atoms with Gasteiger partial charge in [-0.25, -0.2) is 0 Å². The Kier molecular flexibility index (Phi) is 5.63. The molecule has 0 unspecified atom stereocenters. The molecule has 0 atom stereocenters. The number of piperidine rings is 1. The maximum Gasteiger partial charge on any atom is 0.224 e. The topological polar surface area (TPSA) is 61.4 Å². The highest BCUT2D eigenvalue weighted by atomic mass is 16.2. The third kappa shape index (κ3) is 5.59. The number of nitrogens with zero attached hydrogens (tertiary/aromatic N) is 1. The molecule has 1 aliphatic heterocycles. The van der Waals surface area contributed by atoms with Crippen molar-refractivity contribution in [3.8, 4) is 0 Å². The summed E-state index contributed by atoms with van der Waals surface area (Å²) in [4.78, 5) is 25.3. The number of carbonyl (C=O) groups is 2. The summed E-state index contributed by atoms with van der Waals surface area (Å²) in [6.07, 6.45) is 6.89. The number of carbonyl (C=O) groups excluding carboxylic acids is 2. The van der Waals surface area contributed by atoms with E-state index in [9.17, 15) is 9.59 Å². The zero-order chi connectivity index (χ0) is 13.5. The van der Waals surface area contributed by atoms with Gasteiger partial charge in [-0.1, -0.05) is 0 Å². The van der Waals surface area contributed by atoms with E-state index in [1.54, 1.807) is 0 Å². The first-order valence-electron chi connectivity index (χ1n) is 7.53. The number of amides is 2. The molecule has 1 saturated carbocycles. The van der Waals surface area contributed by atoms with Crippen LogP contribution in [0.2, 0.25) is 0 Å². The Balaban J connectivity index is 1.49. The zero-order valence-electron chi connectivity index (χ0n) is 11.6. The fourth-order valence-corrected chi connectivity index (χ4v) is 2.38. The van der Waals surface area contributed by atoms with Gasteiger partial charge in [0, 0.05) is 45.1 Å². The van der Waals surface area contributed by atoms with Crippen LogP contribution in [0.25, 0.3) is 0 Å². The van der Waals surface area contributed by atoms with Crippen molar-refractivity contribution in [1.82, 2.24) is 15.5 Å². The van der Waals surface area contributed by atoms with Crippen LogP contribution in [0.4, 0.5) is 0 Å². The third-order valence-electron chi connectivity index (χ3n) is 3.73. The van der Waals surface area contributed by atoms with Gasteiger partial charge in [0.15, 0.2) is 0 Å². The summed E-state index contributed by atoms with van der Waals surface area (Å²) in [6, 6.07) is 0.647. The normalized spacial score (nSPS) is 19.3. The van der Waals surface area contributed by atoms with Crippen LogP contribution in [-0.2, 0) is 9.59 Å². The molecule has 0 bridgehead atoms. The Bertz CT molecular complexity index is 310. The van der Waals surface area contributed by atoms with Crippen molar-refractivity contribution >= 4 is 11.8 Å². The minimum Gasteiger partial charge on any atom is -0.356 e. The second-order valence-corrected chi connectivity index (χ2v) is 5.52. The number of hydrogen-bond acceptors (Lipinski definition) is 3. The molecule has 0 aromatic rings. The molecule has 0 aromatic carbocycles. The fraction of sp³-hybridized carbons (Fsp3) is 0.857. The number of nitrogens with one attached hydrogen (secondary N) is 2. The highest BCUT2D eigenvalue weighted by Crippen LogP contribution is 2.18. The van der Waals surface area contributed by atoms with E-state index in [1.807, 2.05) is 4.90 Å². The van der Waals surface area contributed by atoms with Gasteiger partial charge in [-0.05, 0) is 32.1 Å². The highest BCUT2D eigenvalue weighted by Gasteiger charge is 2.20. The summed E-state index contributed by atoms with van der Waals surface area (Å²) >= 11 is 0. The first-order valence-corrected chi connectivity index (χ1v) is 7.53. The Morgan fingerprint density at radius 1 is 1.00 bits per heavy atom. The monoisotopic (exact) mass is 267 g/mol. The van der Waals surface area contributed by atoms with E-state index in [0.29, 0.717) is 25.4 Å². The summed E-state index contributed by atoms with van der Waals surface area (Å²) in [5.41, 5.74) is 0. The molecule has 5 nitrogen and oxygen atoms in total. The van der Waals surface area contributed by atoms with Crippen LogP contribution in [0.5, 0.6) is 0 Å². The van der Waals surface area contributed by atoms with Gasteiger partial charge in [0.25, 0.3) is 0 Å². The van der Waals surface area contributed by atoms with Crippen LogP contribution in [-0.4, -0.2) is 48.9 Å². The van der Waals surface area contributed by atoms with E-state index in [1.165, 1.54) is 19.3 Å². The summed E-state index contributed by atoms with van der Waals surface area (Å²) < 4.78 is 0. The summed E-state index contributed by atoms with van der Waals surface area (Å²) in [7, 11) is 0. The predicted octanol–water partition coefficient (Wildman–Crippen LogP) is 0.647. The van der Waals surface area contributed by atoms with Crippen molar-refractivity contribution in [2.45, 2.75) is 51.0 Å². The maximum atomic E-state index is 11.9. The number of likely N-dealkylation sites (tertiary alicyclic amines) is 1. The molecule has 2 amide bonds. The molecule has 2 rings (SSSR count). The van der Waals surface area contributed by atoms with Gasteiger partial charge in [0.1, 0.15) is 0 Å². The van der Waals surface area contributed by atoms with E-state index >= 15 is 0 Å². The standard InChI is InChI=1S/C14H25N3O2/c18-13(6-8-15-12-4-5-12)16-9-7-14(19)17-10-2-1-3-11-17/h12,15H,1-11H2,(H,16,18). The van der Waals surface area contributed by atoms with Crippen molar-refractivity contribution in [1.29, 1.82) is 0 Å². The zero-order valence-corrected chi connectivity index (χ0v) is 11.6. The summed E-state index contributed by atoms with van der Waals surface area (Å²) in [5, 5.41) is 6.12. The van der Waals surface area contributed by atoms with Crippen molar-refractivity contribution in [2.75, 3.05) is 26.2 Å². The van der Waals surface area contributed by atoms with Gasteiger partial charge < -0.3 is 15.5 Å². The lowest BCUT2D eigenvalue weighted by Crippen LogP contribution is -2.38. The lowest BCUT2D eigenvalue weighted by molar-refractivity contribution is -0.132. The smallest absolute Gasteiger partial charge is 0.224 e. The molecule has 2 N–H and O–H groups in total. The van der Waals surface area contributed by atoms with Crippen molar-refractivity contribution < 1.29 is 9.59 Å². The molecular weight excluding hydrogens is 242 g/mol. The SMILES string of the molecule is O=C(CCNC1CC1)NCCC(=O)N1CCCCC1. The van der Waals surface area contributed by atoms with E-state index in [-0.39, 0.29) is 11.8 Å². The highest BCUT2D eigenvalue weighted by molar-refractivity contribution is 5.79. The fourth-order valence-electron chi connectivity index (χ4n) is 2.38. The average Bonchev–Trinajstić information content (AvgIpc) is 3.24. The molecule has 5 heteroatoms. The van der Waals surface area contributed by atoms with Crippen LogP contribution < -0.4 is 10.6 Å². The molecule has 0 aromatic heterocycles. The van der Waals surface area contributed by atoms with Crippen LogP contribution in [0, 0.1) is 0 Å². The van der Waals surface area contributed by atoms with Crippen molar-refractivity contribution in [3.05, 3.63) is 0 Å². The quantitative estimate of drug-likeness (QED) is 0.712. The van der Waals surface area contributed by atoms with Gasteiger partial charge >= 0.3 is 0 Å². The Hall–Kier alpha value is -1.10. The molecular formula is C14H25N3O2. The number of hydrogen-bond donors (Lipinski definition) is 2. The second kappa shape index (κ2) is 7.48. The third-order valence-corrected chi connectivity index (χ3v) is 3.73. The lowest BCUT2D eigenvalue weighted by Gasteiger charge is -2.26. The molecule has 108 valence electrons. The van der Waals surface area contributed by atoms with E-state index in [0.717, 1.165) is 32.5 Å². The first-order chi connectivity index (χ1) is 9.25. The Morgan fingerprint density at radius 2 is 1.74 bits per heavy atom. The number of rotatable bonds is 7. The van der Waals surface area contributed by atoms with Gasteiger partial charge in [-0.3, -0.25) is 9.59 Å².